The van der Waals surface area contributed by atoms with Gasteiger partial charge in [0.15, 0.2) is 0 Å². The van der Waals surface area contributed by atoms with E-state index >= 15 is 0 Å². The molecule has 0 saturated carbocycles. The molecule has 0 spiro atoms. The quantitative estimate of drug-likeness (QED) is 0.749. The highest BCUT2D eigenvalue weighted by Gasteiger charge is 2.17. The summed E-state index contributed by atoms with van der Waals surface area (Å²) in [5.41, 5.74) is 7.75. The van der Waals surface area contributed by atoms with Gasteiger partial charge in [0.1, 0.15) is 5.75 Å². The zero-order chi connectivity index (χ0) is 18.8. The molecule has 2 aromatic rings. The predicted molar refractivity (Wildman–Crippen MR) is 107 cm³/mol. The highest BCUT2D eigenvalue weighted by Crippen LogP contribution is 2.38. The Morgan fingerprint density at radius 2 is 1.72 bits per heavy atom. The molecule has 2 rings (SSSR count). The van der Waals surface area contributed by atoms with Gasteiger partial charge in [-0.15, -0.1) is 0 Å². The number of benzene rings is 2. The Morgan fingerprint density at radius 3 is 2.28 bits per heavy atom. The number of aryl methyl sites for hydroxylation is 2. The Morgan fingerprint density at radius 1 is 1.08 bits per heavy atom. The van der Waals surface area contributed by atoms with Gasteiger partial charge in [0.05, 0.1) is 13.7 Å². The third-order valence-electron chi connectivity index (χ3n) is 4.37. The van der Waals surface area contributed by atoms with Crippen molar-refractivity contribution in [3.8, 4) is 16.9 Å². The molecule has 0 unspecified atom stereocenters. The van der Waals surface area contributed by atoms with Crippen molar-refractivity contribution in [2.45, 2.75) is 48.1 Å². The molecule has 25 heavy (non-hydrogen) atoms. The zero-order valence-corrected chi connectivity index (χ0v) is 16.5. The van der Waals surface area contributed by atoms with E-state index in [1.807, 2.05) is 6.07 Å². The van der Waals surface area contributed by atoms with Crippen LogP contribution in [0.3, 0.4) is 0 Å². The van der Waals surface area contributed by atoms with Crippen LogP contribution in [0.2, 0.25) is 0 Å². The topological polar surface area (TPSA) is 29.5 Å². The summed E-state index contributed by atoms with van der Waals surface area (Å²) in [7, 11) is 1.69. The van der Waals surface area contributed by atoms with E-state index in [9.17, 15) is 5.11 Å². The third kappa shape index (κ3) is 4.32. The number of hydrogen-bond donors (Lipinski definition) is 1. The van der Waals surface area contributed by atoms with Crippen LogP contribution >= 0.6 is 0 Å². The van der Waals surface area contributed by atoms with Gasteiger partial charge in [-0.3, -0.25) is 0 Å². The Kier molecular flexibility index (Phi) is 5.74. The van der Waals surface area contributed by atoms with Crippen molar-refractivity contribution in [1.29, 1.82) is 0 Å². The smallest absolute Gasteiger partial charge is 0.126 e. The summed E-state index contributed by atoms with van der Waals surface area (Å²) in [6.45, 7) is 12.9. The third-order valence-corrected chi connectivity index (χ3v) is 4.37. The van der Waals surface area contributed by atoms with Crippen LogP contribution in [0.4, 0.5) is 0 Å². The van der Waals surface area contributed by atoms with Crippen molar-refractivity contribution in [3.05, 3.63) is 58.7 Å². The number of rotatable bonds is 4. The van der Waals surface area contributed by atoms with Gasteiger partial charge in [0.2, 0.25) is 0 Å². The molecule has 0 aliphatic rings. The molecule has 0 radical (unpaired) electrons. The molecule has 0 fully saturated rings. The van der Waals surface area contributed by atoms with E-state index in [4.69, 9.17) is 4.74 Å². The molecule has 0 saturated heterocycles. The summed E-state index contributed by atoms with van der Waals surface area (Å²) in [6.07, 6.45) is 2.27. The van der Waals surface area contributed by atoms with E-state index in [1.54, 1.807) is 7.11 Å². The molecule has 0 atom stereocenters. The van der Waals surface area contributed by atoms with Gasteiger partial charge >= 0.3 is 0 Å². The van der Waals surface area contributed by atoms with Crippen LogP contribution in [0.5, 0.6) is 5.75 Å². The van der Waals surface area contributed by atoms with Crippen molar-refractivity contribution in [1.82, 2.24) is 0 Å². The van der Waals surface area contributed by atoms with E-state index in [-0.39, 0.29) is 12.0 Å². The molecular formula is C23H30O2. The summed E-state index contributed by atoms with van der Waals surface area (Å²) in [6, 6.07) is 10.4. The van der Waals surface area contributed by atoms with Crippen molar-refractivity contribution >= 4 is 5.57 Å². The molecule has 2 heteroatoms. The average molecular weight is 338 g/mol. The highest BCUT2D eigenvalue weighted by atomic mass is 16.5. The first-order valence-electron chi connectivity index (χ1n) is 8.76. The van der Waals surface area contributed by atoms with Gasteiger partial charge in [-0.25, -0.2) is 0 Å². The predicted octanol–water partition coefficient (Wildman–Crippen LogP) is 5.92. The summed E-state index contributed by atoms with van der Waals surface area (Å²) in [5, 5.41) is 10.2. The zero-order valence-electron chi connectivity index (χ0n) is 16.5. The van der Waals surface area contributed by atoms with Gasteiger partial charge < -0.3 is 9.84 Å². The number of aliphatic hydroxyl groups excluding tert-OH is 1. The SMILES string of the molecule is COc1cc(C)ccc1-c1ccc(C)c(/C(C)=C\C(C)(C)C)c1CO. The van der Waals surface area contributed by atoms with Crippen LogP contribution in [0, 0.1) is 19.3 Å². The van der Waals surface area contributed by atoms with Crippen LogP contribution in [0.25, 0.3) is 16.7 Å². The van der Waals surface area contributed by atoms with Crippen LogP contribution in [-0.2, 0) is 6.61 Å². The molecule has 0 bridgehead atoms. The Bertz CT molecular complexity index is 792. The molecule has 0 heterocycles. The molecule has 0 aliphatic heterocycles. The molecule has 2 nitrogen and oxygen atoms in total. The second-order valence-corrected chi connectivity index (χ2v) is 7.84. The van der Waals surface area contributed by atoms with E-state index < -0.39 is 0 Å². The average Bonchev–Trinajstić information content (AvgIpc) is 2.52. The molecule has 0 aliphatic carbocycles. The normalized spacial score (nSPS) is 12.4. The highest BCUT2D eigenvalue weighted by molar-refractivity contribution is 5.81. The van der Waals surface area contributed by atoms with E-state index in [1.165, 1.54) is 11.1 Å². The lowest BCUT2D eigenvalue weighted by molar-refractivity contribution is 0.282. The van der Waals surface area contributed by atoms with Crippen molar-refractivity contribution in [2.75, 3.05) is 7.11 Å². The van der Waals surface area contributed by atoms with Crippen LogP contribution in [0.15, 0.2) is 36.4 Å². The number of methoxy groups -OCH3 is 1. The first kappa shape index (κ1) is 19.3. The van der Waals surface area contributed by atoms with Gasteiger partial charge in [0.25, 0.3) is 0 Å². The first-order valence-corrected chi connectivity index (χ1v) is 8.76. The van der Waals surface area contributed by atoms with Crippen molar-refractivity contribution in [3.63, 3.8) is 0 Å². The van der Waals surface area contributed by atoms with Crippen LogP contribution in [0.1, 0.15) is 49.9 Å². The van der Waals surface area contributed by atoms with E-state index in [2.05, 4.69) is 71.9 Å². The minimum atomic E-state index is -0.00129. The van der Waals surface area contributed by atoms with E-state index in [0.29, 0.717) is 0 Å². The maximum atomic E-state index is 10.2. The van der Waals surface area contributed by atoms with Crippen LogP contribution in [-0.4, -0.2) is 12.2 Å². The Hall–Kier alpha value is -2.06. The van der Waals surface area contributed by atoms with Gasteiger partial charge in [-0.2, -0.15) is 0 Å². The van der Waals surface area contributed by atoms with Gasteiger partial charge in [0, 0.05) is 5.56 Å². The monoisotopic (exact) mass is 338 g/mol. The van der Waals surface area contributed by atoms with E-state index in [0.717, 1.165) is 33.6 Å². The minimum absolute atomic E-state index is 0.00129. The fourth-order valence-corrected chi connectivity index (χ4v) is 3.47. The number of hydrogen-bond acceptors (Lipinski definition) is 2. The molecule has 1 N–H and O–H groups in total. The second kappa shape index (κ2) is 7.45. The molecule has 0 aromatic heterocycles. The molecular weight excluding hydrogens is 308 g/mol. The summed E-state index contributed by atoms with van der Waals surface area (Å²) >= 11 is 0. The summed E-state index contributed by atoms with van der Waals surface area (Å²) in [5.74, 6) is 0.835. The summed E-state index contributed by atoms with van der Waals surface area (Å²) in [4.78, 5) is 0. The fourth-order valence-electron chi connectivity index (χ4n) is 3.47. The maximum Gasteiger partial charge on any atom is 0.126 e. The number of allylic oxidation sites excluding steroid dienone is 2. The Balaban J connectivity index is 2.75. The number of aliphatic hydroxyl groups is 1. The van der Waals surface area contributed by atoms with Gasteiger partial charge in [-0.05, 0) is 65.6 Å². The lowest BCUT2D eigenvalue weighted by atomic mass is 9.85. The largest absolute Gasteiger partial charge is 0.496 e. The first-order chi connectivity index (χ1) is 11.7. The molecule has 134 valence electrons. The standard InChI is InChI=1S/C23H30O2/c1-15-8-10-19(21(12-15)25-7)18-11-9-16(2)22(20(18)14-24)17(3)13-23(4,5)6/h8-13,24H,14H2,1-7H3/b17-13-. The maximum absolute atomic E-state index is 10.2. The van der Waals surface area contributed by atoms with Crippen LogP contribution < -0.4 is 4.74 Å². The molecule has 2 aromatic carbocycles. The lowest BCUT2D eigenvalue weighted by Gasteiger charge is -2.21. The molecule has 0 amide bonds. The summed E-state index contributed by atoms with van der Waals surface area (Å²) < 4.78 is 5.60. The number of ether oxygens (including phenoxy) is 1. The minimum Gasteiger partial charge on any atom is -0.496 e. The van der Waals surface area contributed by atoms with Gasteiger partial charge in [-0.1, -0.05) is 51.1 Å². The lowest BCUT2D eigenvalue weighted by Crippen LogP contribution is -2.04. The van der Waals surface area contributed by atoms with Crippen molar-refractivity contribution in [2.24, 2.45) is 5.41 Å². The second-order valence-electron chi connectivity index (χ2n) is 7.84. The van der Waals surface area contributed by atoms with Crippen molar-refractivity contribution < 1.29 is 9.84 Å². The fraction of sp³-hybridized carbons (Fsp3) is 0.391. The Labute approximate surface area is 152 Å².